The highest BCUT2D eigenvalue weighted by atomic mass is 16.6. The van der Waals surface area contributed by atoms with Gasteiger partial charge in [0.25, 0.3) is 5.69 Å². The van der Waals surface area contributed by atoms with Gasteiger partial charge in [-0.3, -0.25) is 10.1 Å². The number of aliphatic hydroxyl groups is 1. The Morgan fingerprint density at radius 1 is 1.50 bits per heavy atom. The first-order valence-electron chi connectivity index (χ1n) is 4.60. The minimum absolute atomic E-state index is 0.0578. The van der Waals surface area contributed by atoms with Crippen molar-refractivity contribution in [2.75, 3.05) is 0 Å². The van der Waals surface area contributed by atoms with Gasteiger partial charge < -0.3 is 5.11 Å². The zero-order valence-electron chi connectivity index (χ0n) is 7.64. The fraction of sp³-hybridized carbons (Fsp3) is 0.400. The predicted molar refractivity (Wildman–Crippen MR) is 51.0 cm³/mol. The van der Waals surface area contributed by atoms with Crippen LogP contribution in [-0.4, -0.2) is 10.0 Å². The summed E-state index contributed by atoms with van der Waals surface area (Å²) in [7, 11) is 0. The maximum Gasteiger partial charge on any atom is 0.272 e. The molecule has 1 saturated carbocycles. The van der Waals surface area contributed by atoms with Gasteiger partial charge in [0, 0.05) is 11.6 Å². The highest BCUT2D eigenvalue weighted by Crippen LogP contribution is 2.44. The molecule has 1 N–H and O–H groups in total. The summed E-state index contributed by atoms with van der Waals surface area (Å²) in [5, 5.41) is 19.6. The average molecular weight is 193 g/mol. The number of hydrogen-bond donors (Lipinski definition) is 1. The van der Waals surface area contributed by atoms with Crippen LogP contribution >= 0.6 is 0 Å². The van der Waals surface area contributed by atoms with Crippen LogP contribution in [0.3, 0.4) is 0 Å². The minimum Gasteiger partial charge on any atom is -0.392 e. The van der Waals surface area contributed by atoms with Gasteiger partial charge in [0.2, 0.25) is 0 Å². The molecule has 4 nitrogen and oxygen atoms in total. The van der Waals surface area contributed by atoms with Crippen LogP contribution in [0.25, 0.3) is 0 Å². The molecule has 0 unspecified atom stereocenters. The standard InChI is InChI=1S/C10H11NO3/c12-6-7-1-4-10(11(13)14)9(5-7)8-2-3-8/h1,4-5,8,12H,2-3,6H2. The van der Waals surface area contributed by atoms with Crippen LogP contribution in [0, 0.1) is 10.1 Å². The van der Waals surface area contributed by atoms with E-state index >= 15 is 0 Å². The Morgan fingerprint density at radius 3 is 2.71 bits per heavy atom. The van der Waals surface area contributed by atoms with Gasteiger partial charge in [-0.15, -0.1) is 0 Å². The van der Waals surface area contributed by atoms with E-state index in [0.717, 1.165) is 24.0 Å². The second-order valence-corrected chi connectivity index (χ2v) is 3.58. The molecule has 0 heterocycles. The van der Waals surface area contributed by atoms with E-state index in [1.807, 2.05) is 0 Å². The molecule has 0 aromatic heterocycles. The summed E-state index contributed by atoms with van der Waals surface area (Å²) in [4.78, 5) is 10.3. The molecule has 0 amide bonds. The van der Waals surface area contributed by atoms with Crippen LogP contribution in [0.4, 0.5) is 5.69 Å². The third-order valence-corrected chi connectivity index (χ3v) is 2.49. The van der Waals surface area contributed by atoms with E-state index < -0.39 is 0 Å². The maximum atomic E-state index is 10.7. The quantitative estimate of drug-likeness (QED) is 0.589. The molecule has 0 bridgehead atoms. The van der Waals surface area contributed by atoms with Crippen molar-refractivity contribution in [3.8, 4) is 0 Å². The van der Waals surface area contributed by atoms with Gasteiger partial charge in [-0.1, -0.05) is 0 Å². The van der Waals surface area contributed by atoms with E-state index in [0.29, 0.717) is 5.92 Å². The minimum atomic E-state index is -0.352. The Labute approximate surface area is 81.3 Å². The smallest absolute Gasteiger partial charge is 0.272 e. The summed E-state index contributed by atoms with van der Waals surface area (Å²) >= 11 is 0. The second kappa shape index (κ2) is 3.38. The molecule has 0 atom stereocenters. The highest BCUT2D eigenvalue weighted by molar-refractivity contribution is 5.46. The van der Waals surface area contributed by atoms with Crippen molar-refractivity contribution < 1.29 is 10.0 Å². The van der Waals surface area contributed by atoms with Crippen molar-refractivity contribution in [1.29, 1.82) is 0 Å². The van der Waals surface area contributed by atoms with Gasteiger partial charge in [-0.05, 0) is 36.5 Å². The summed E-state index contributed by atoms with van der Waals surface area (Å²) in [5.41, 5.74) is 1.71. The molecule has 74 valence electrons. The lowest BCUT2D eigenvalue weighted by molar-refractivity contribution is -0.385. The molecule has 0 saturated heterocycles. The second-order valence-electron chi connectivity index (χ2n) is 3.58. The molecule has 1 aliphatic rings. The Balaban J connectivity index is 2.43. The lowest BCUT2D eigenvalue weighted by atomic mass is 10.1. The Bertz CT molecular complexity index is 372. The molecular formula is C10H11NO3. The van der Waals surface area contributed by atoms with E-state index in [1.165, 1.54) is 6.07 Å². The summed E-state index contributed by atoms with van der Waals surface area (Å²) in [6.45, 7) is -0.0578. The lowest BCUT2D eigenvalue weighted by Crippen LogP contribution is -1.95. The largest absolute Gasteiger partial charge is 0.392 e. The van der Waals surface area contributed by atoms with Crippen molar-refractivity contribution in [3.05, 3.63) is 39.4 Å². The third-order valence-electron chi connectivity index (χ3n) is 2.49. The first-order valence-corrected chi connectivity index (χ1v) is 4.60. The molecule has 2 rings (SSSR count). The van der Waals surface area contributed by atoms with Crippen molar-refractivity contribution in [3.63, 3.8) is 0 Å². The van der Waals surface area contributed by atoms with Crippen molar-refractivity contribution in [2.24, 2.45) is 0 Å². The monoisotopic (exact) mass is 193 g/mol. The number of hydrogen-bond acceptors (Lipinski definition) is 3. The molecule has 1 aliphatic carbocycles. The number of rotatable bonds is 3. The zero-order valence-corrected chi connectivity index (χ0v) is 7.64. The van der Waals surface area contributed by atoms with E-state index in [9.17, 15) is 10.1 Å². The topological polar surface area (TPSA) is 63.4 Å². The van der Waals surface area contributed by atoms with Gasteiger partial charge in [0.1, 0.15) is 0 Å². The van der Waals surface area contributed by atoms with E-state index in [2.05, 4.69) is 0 Å². The zero-order chi connectivity index (χ0) is 10.1. The maximum absolute atomic E-state index is 10.7. The van der Waals surface area contributed by atoms with E-state index in [4.69, 9.17) is 5.11 Å². The van der Waals surface area contributed by atoms with Gasteiger partial charge >= 0.3 is 0 Å². The summed E-state index contributed by atoms with van der Waals surface area (Å²) < 4.78 is 0. The predicted octanol–water partition coefficient (Wildman–Crippen LogP) is 1.96. The lowest BCUT2D eigenvalue weighted by Gasteiger charge is -2.02. The average Bonchev–Trinajstić information content (AvgIpc) is 3.00. The number of nitro benzene ring substituents is 1. The van der Waals surface area contributed by atoms with Crippen LogP contribution in [0.2, 0.25) is 0 Å². The highest BCUT2D eigenvalue weighted by Gasteiger charge is 2.30. The summed E-state index contributed by atoms with van der Waals surface area (Å²) in [6.07, 6.45) is 2.05. The SMILES string of the molecule is O=[N+]([O-])c1ccc(CO)cc1C1CC1. The van der Waals surface area contributed by atoms with Gasteiger partial charge in [0.05, 0.1) is 11.5 Å². The molecule has 4 heteroatoms. The molecule has 1 aromatic carbocycles. The molecule has 0 radical (unpaired) electrons. The van der Waals surface area contributed by atoms with Crippen LogP contribution in [0.1, 0.15) is 29.9 Å². The van der Waals surface area contributed by atoms with Crippen LogP contribution in [-0.2, 0) is 6.61 Å². The molecule has 1 aromatic rings. The number of benzene rings is 1. The Morgan fingerprint density at radius 2 is 2.21 bits per heavy atom. The first kappa shape index (κ1) is 9.15. The Hall–Kier alpha value is -1.42. The first-order chi connectivity index (χ1) is 6.72. The van der Waals surface area contributed by atoms with Gasteiger partial charge in [-0.2, -0.15) is 0 Å². The fourth-order valence-corrected chi connectivity index (χ4v) is 1.59. The van der Waals surface area contributed by atoms with Crippen molar-refractivity contribution in [2.45, 2.75) is 25.4 Å². The molecule has 14 heavy (non-hydrogen) atoms. The molecule has 0 spiro atoms. The van der Waals surface area contributed by atoms with E-state index in [-0.39, 0.29) is 17.2 Å². The fourth-order valence-electron chi connectivity index (χ4n) is 1.59. The summed E-state index contributed by atoms with van der Waals surface area (Å²) in [6, 6.07) is 4.83. The van der Waals surface area contributed by atoms with Crippen LogP contribution < -0.4 is 0 Å². The number of nitrogens with zero attached hydrogens (tertiary/aromatic N) is 1. The van der Waals surface area contributed by atoms with Crippen LogP contribution in [0.5, 0.6) is 0 Å². The van der Waals surface area contributed by atoms with Crippen LogP contribution in [0.15, 0.2) is 18.2 Å². The van der Waals surface area contributed by atoms with Gasteiger partial charge in [-0.25, -0.2) is 0 Å². The third kappa shape index (κ3) is 1.61. The Kier molecular flexibility index (Phi) is 2.21. The molecule has 0 aliphatic heterocycles. The normalized spacial score (nSPS) is 15.5. The van der Waals surface area contributed by atoms with Crippen molar-refractivity contribution >= 4 is 5.69 Å². The number of nitro groups is 1. The summed E-state index contributed by atoms with van der Waals surface area (Å²) in [5.74, 6) is 0.335. The molecule has 1 fully saturated rings. The molecular weight excluding hydrogens is 182 g/mol. The van der Waals surface area contributed by atoms with Crippen molar-refractivity contribution in [1.82, 2.24) is 0 Å². The van der Waals surface area contributed by atoms with E-state index in [1.54, 1.807) is 12.1 Å². The van der Waals surface area contributed by atoms with Gasteiger partial charge in [0.15, 0.2) is 0 Å². The number of aliphatic hydroxyl groups excluding tert-OH is 1.